The van der Waals surface area contributed by atoms with E-state index < -0.39 is 0 Å². The van der Waals surface area contributed by atoms with Crippen molar-refractivity contribution in [3.05, 3.63) is 22.4 Å². The maximum absolute atomic E-state index is 5.45. The lowest BCUT2D eigenvalue weighted by atomic mass is 10.3. The zero-order valence-corrected chi connectivity index (χ0v) is 6.66. The Morgan fingerprint density at radius 2 is 2.56 bits per heavy atom. The number of nitrogens with two attached hydrogens (primary N) is 1. The molecule has 9 heavy (non-hydrogen) atoms. The second kappa shape index (κ2) is 3.25. The van der Waals surface area contributed by atoms with E-state index in [-0.39, 0.29) is 5.37 Å². The van der Waals surface area contributed by atoms with Crippen LogP contribution < -0.4 is 5.73 Å². The lowest BCUT2D eigenvalue weighted by Gasteiger charge is -1.98. The topological polar surface area (TPSA) is 26.0 Å². The van der Waals surface area contributed by atoms with Crippen molar-refractivity contribution in [2.45, 2.75) is 11.8 Å². The number of rotatable bonds is 2. The Morgan fingerprint density at radius 3 is 3.00 bits per heavy atom. The third-order valence-corrected chi connectivity index (χ3v) is 2.07. The molecule has 1 aromatic rings. The fourth-order valence-electron chi connectivity index (χ4n) is 0.635. The van der Waals surface area contributed by atoms with Crippen LogP contribution in [0.25, 0.3) is 0 Å². The zero-order chi connectivity index (χ0) is 6.69. The van der Waals surface area contributed by atoms with Gasteiger partial charge in [0.2, 0.25) is 0 Å². The molecule has 1 heterocycles. The average Bonchev–Trinajstić information content (AvgIpc) is 2.15. The quantitative estimate of drug-likeness (QED) is 0.496. The molecule has 0 aliphatic carbocycles. The summed E-state index contributed by atoms with van der Waals surface area (Å²) >= 11 is 5.79. The van der Waals surface area contributed by atoms with Crippen LogP contribution >= 0.6 is 24.0 Å². The highest BCUT2D eigenvalue weighted by molar-refractivity contribution is 7.80. The molecule has 0 aliphatic rings. The Hall–Kier alpha value is 0.01000. The maximum atomic E-state index is 5.45. The van der Waals surface area contributed by atoms with Crippen LogP contribution in [0.3, 0.4) is 0 Å². The van der Waals surface area contributed by atoms with E-state index in [4.69, 9.17) is 5.73 Å². The molecule has 0 saturated carbocycles. The van der Waals surface area contributed by atoms with Crippen molar-refractivity contribution in [3.63, 3.8) is 0 Å². The first kappa shape index (κ1) is 7.12. The summed E-state index contributed by atoms with van der Waals surface area (Å²) in [5, 5.41) is 2.04. The molecule has 1 aromatic heterocycles. The summed E-state index contributed by atoms with van der Waals surface area (Å²) in [5.74, 6) is 0. The maximum Gasteiger partial charge on any atom is 0.0526 e. The van der Waals surface area contributed by atoms with Crippen LogP contribution in [-0.2, 0) is 6.42 Å². The molecule has 1 unspecified atom stereocenters. The van der Waals surface area contributed by atoms with Crippen molar-refractivity contribution in [1.29, 1.82) is 0 Å². The number of thiophene rings is 1. The SMILES string of the molecule is NC(S)Cc1cccs1. The average molecular weight is 159 g/mol. The highest BCUT2D eigenvalue weighted by atomic mass is 32.1. The van der Waals surface area contributed by atoms with Gasteiger partial charge in [0.25, 0.3) is 0 Å². The Labute approximate surface area is 64.3 Å². The Morgan fingerprint density at radius 1 is 1.78 bits per heavy atom. The van der Waals surface area contributed by atoms with Gasteiger partial charge in [0.15, 0.2) is 0 Å². The molecule has 0 fully saturated rings. The lowest BCUT2D eigenvalue weighted by molar-refractivity contribution is 0.925. The van der Waals surface area contributed by atoms with Gasteiger partial charge in [-0.1, -0.05) is 6.07 Å². The predicted molar refractivity (Wildman–Crippen MR) is 45.0 cm³/mol. The van der Waals surface area contributed by atoms with Gasteiger partial charge in [-0.2, -0.15) is 12.6 Å². The van der Waals surface area contributed by atoms with Gasteiger partial charge in [0.1, 0.15) is 0 Å². The molecule has 50 valence electrons. The zero-order valence-electron chi connectivity index (χ0n) is 4.95. The summed E-state index contributed by atoms with van der Waals surface area (Å²) in [6, 6.07) is 4.09. The van der Waals surface area contributed by atoms with Gasteiger partial charge < -0.3 is 5.73 Å². The second-order valence-corrected chi connectivity index (χ2v) is 3.55. The van der Waals surface area contributed by atoms with Gasteiger partial charge in [-0.05, 0) is 11.4 Å². The second-order valence-electron chi connectivity index (χ2n) is 1.85. The van der Waals surface area contributed by atoms with Gasteiger partial charge in [0, 0.05) is 11.3 Å². The largest absolute Gasteiger partial charge is 0.319 e. The molecule has 0 radical (unpaired) electrons. The van der Waals surface area contributed by atoms with Crippen LogP contribution in [0.4, 0.5) is 0 Å². The summed E-state index contributed by atoms with van der Waals surface area (Å²) in [6.45, 7) is 0. The summed E-state index contributed by atoms with van der Waals surface area (Å²) in [5.41, 5.74) is 5.45. The highest BCUT2D eigenvalue weighted by Crippen LogP contribution is 2.10. The monoisotopic (exact) mass is 159 g/mol. The van der Waals surface area contributed by atoms with Crippen LogP contribution in [0, 0.1) is 0 Å². The Kier molecular flexibility index (Phi) is 2.57. The van der Waals surface area contributed by atoms with Crippen molar-refractivity contribution >= 4 is 24.0 Å². The summed E-state index contributed by atoms with van der Waals surface area (Å²) in [6.07, 6.45) is 0.876. The van der Waals surface area contributed by atoms with Crippen molar-refractivity contribution < 1.29 is 0 Å². The highest BCUT2D eigenvalue weighted by Gasteiger charge is 1.96. The minimum Gasteiger partial charge on any atom is -0.319 e. The summed E-state index contributed by atoms with van der Waals surface area (Å²) < 4.78 is 0. The normalized spacial score (nSPS) is 13.6. The third-order valence-electron chi connectivity index (χ3n) is 0.990. The van der Waals surface area contributed by atoms with E-state index in [2.05, 4.69) is 18.7 Å². The van der Waals surface area contributed by atoms with E-state index >= 15 is 0 Å². The first-order chi connectivity index (χ1) is 4.29. The molecule has 0 amide bonds. The molecule has 1 nitrogen and oxygen atoms in total. The van der Waals surface area contributed by atoms with E-state index in [1.807, 2.05) is 11.4 Å². The van der Waals surface area contributed by atoms with Crippen molar-refractivity contribution in [1.82, 2.24) is 0 Å². The van der Waals surface area contributed by atoms with Crippen molar-refractivity contribution in [3.8, 4) is 0 Å². The van der Waals surface area contributed by atoms with Crippen LogP contribution in [-0.4, -0.2) is 5.37 Å². The molecule has 0 spiro atoms. The van der Waals surface area contributed by atoms with Gasteiger partial charge in [-0.3, -0.25) is 0 Å². The molecule has 1 atom stereocenters. The van der Waals surface area contributed by atoms with Crippen LogP contribution in [0.1, 0.15) is 4.88 Å². The minimum atomic E-state index is -0.0105. The molecule has 2 N–H and O–H groups in total. The first-order valence-electron chi connectivity index (χ1n) is 2.75. The lowest BCUT2D eigenvalue weighted by Crippen LogP contribution is -2.13. The molecular formula is C6H9NS2. The van der Waals surface area contributed by atoms with E-state index in [1.54, 1.807) is 11.3 Å². The number of thiol groups is 1. The molecular weight excluding hydrogens is 150 g/mol. The number of hydrogen-bond donors (Lipinski definition) is 2. The minimum absolute atomic E-state index is 0.0105. The van der Waals surface area contributed by atoms with Gasteiger partial charge in [-0.15, -0.1) is 11.3 Å². The molecule has 3 heteroatoms. The van der Waals surface area contributed by atoms with Crippen LogP contribution in [0.15, 0.2) is 17.5 Å². The van der Waals surface area contributed by atoms with E-state index in [9.17, 15) is 0 Å². The summed E-state index contributed by atoms with van der Waals surface area (Å²) in [7, 11) is 0. The first-order valence-corrected chi connectivity index (χ1v) is 4.14. The molecule has 0 aromatic carbocycles. The molecule has 0 aliphatic heterocycles. The van der Waals surface area contributed by atoms with Crippen molar-refractivity contribution in [2.24, 2.45) is 5.73 Å². The number of hydrogen-bond acceptors (Lipinski definition) is 3. The fourth-order valence-corrected chi connectivity index (χ4v) is 1.72. The van der Waals surface area contributed by atoms with Crippen LogP contribution in [0.5, 0.6) is 0 Å². The Bertz CT molecular complexity index is 158. The fraction of sp³-hybridized carbons (Fsp3) is 0.333. The van der Waals surface area contributed by atoms with Crippen molar-refractivity contribution in [2.75, 3.05) is 0 Å². The smallest absolute Gasteiger partial charge is 0.0526 e. The molecule has 1 rings (SSSR count). The summed E-state index contributed by atoms with van der Waals surface area (Å²) in [4.78, 5) is 1.30. The molecule has 0 bridgehead atoms. The Balaban J connectivity index is 2.48. The van der Waals surface area contributed by atoms with Gasteiger partial charge >= 0.3 is 0 Å². The standard InChI is InChI=1S/C6H9NS2/c7-6(8)4-5-2-1-3-9-5/h1-3,6,8H,4,7H2. The molecule has 0 saturated heterocycles. The van der Waals surface area contributed by atoms with Gasteiger partial charge in [0.05, 0.1) is 5.37 Å². The van der Waals surface area contributed by atoms with Gasteiger partial charge in [-0.25, -0.2) is 0 Å². The van der Waals surface area contributed by atoms with E-state index in [0.717, 1.165) is 6.42 Å². The predicted octanol–water partition coefficient (Wildman–Crippen LogP) is 1.51. The third kappa shape index (κ3) is 2.39. The van der Waals surface area contributed by atoms with E-state index in [0.29, 0.717) is 0 Å². The van der Waals surface area contributed by atoms with E-state index in [1.165, 1.54) is 4.88 Å². The van der Waals surface area contributed by atoms with Crippen LogP contribution in [0.2, 0.25) is 0 Å².